The van der Waals surface area contributed by atoms with Gasteiger partial charge in [0.25, 0.3) is 5.92 Å². The molecular weight excluding hydrogens is 354 g/mol. The minimum Gasteiger partial charge on any atom is -0.508 e. The molecule has 2 saturated heterocycles. The maximum Gasteiger partial charge on any atom is 0.250 e. The van der Waals surface area contributed by atoms with Crippen LogP contribution in [0.3, 0.4) is 0 Å². The van der Waals surface area contributed by atoms with E-state index in [1.165, 1.54) is 0 Å². The van der Waals surface area contributed by atoms with E-state index < -0.39 is 11.5 Å². The first-order valence-corrected chi connectivity index (χ1v) is 9.63. The van der Waals surface area contributed by atoms with Gasteiger partial charge in [-0.05, 0) is 37.0 Å². The highest BCUT2D eigenvalue weighted by atomic mass is 19.3. The molecule has 0 aromatic heterocycles. The van der Waals surface area contributed by atoms with Gasteiger partial charge < -0.3 is 20.0 Å². The monoisotopic (exact) mass is 382 g/mol. The van der Waals surface area contributed by atoms with E-state index >= 15 is 0 Å². The Kier molecular flexibility index (Phi) is 6.01. The molecule has 1 aromatic carbocycles. The standard InChI is InChI=1S/C20H28F2N2O3/c21-20(22)8-11-23(12-9-20)15-19(27)6-1-10-24(13-7-19)18(26)14-16-2-4-17(25)5-3-16/h2-5,25,27H,1,6-15H2. The van der Waals surface area contributed by atoms with E-state index in [9.17, 15) is 23.8 Å². The predicted molar refractivity (Wildman–Crippen MR) is 97.8 cm³/mol. The number of aliphatic hydroxyl groups is 1. The molecule has 2 aliphatic rings. The lowest BCUT2D eigenvalue weighted by Crippen LogP contribution is -2.48. The van der Waals surface area contributed by atoms with E-state index in [0.29, 0.717) is 52.0 Å². The number of β-amino-alcohol motifs (C(OH)–C–C–N with tert-alkyl or cyclic N) is 1. The van der Waals surface area contributed by atoms with Crippen LogP contribution in [0.25, 0.3) is 0 Å². The summed E-state index contributed by atoms with van der Waals surface area (Å²) in [5.41, 5.74) is -0.0910. The van der Waals surface area contributed by atoms with Gasteiger partial charge in [-0.3, -0.25) is 4.79 Å². The van der Waals surface area contributed by atoms with Crippen LogP contribution in [0.4, 0.5) is 8.78 Å². The molecule has 1 amide bonds. The molecular formula is C20H28F2N2O3. The van der Waals surface area contributed by atoms with Gasteiger partial charge in [-0.25, -0.2) is 8.78 Å². The number of piperidine rings is 1. The molecule has 1 unspecified atom stereocenters. The molecule has 3 rings (SSSR count). The van der Waals surface area contributed by atoms with Gasteiger partial charge >= 0.3 is 0 Å². The number of phenolic OH excluding ortho intramolecular Hbond substituents is 1. The van der Waals surface area contributed by atoms with Gasteiger partial charge in [-0.2, -0.15) is 0 Å². The van der Waals surface area contributed by atoms with E-state index in [0.717, 1.165) is 5.56 Å². The van der Waals surface area contributed by atoms with Gasteiger partial charge in [0.15, 0.2) is 0 Å². The molecule has 0 spiro atoms. The number of alkyl halides is 2. The molecule has 2 heterocycles. The van der Waals surface area contributed by atoms with Crippen LogP contribution in [-0.2, 0) is 11.2 Å². The SMILES string of the molecule is O=C(Cc1ccc(O)cc1)N1CCCC(O)(CN2CCC(F)(F)CC2)CC1. The molecule has 0 bridgehead atoms. The van der Waals surface area contributed by atoms with Crippen LogP contribution in [0.2, 0.25) is 0 Å². The molecule has 1 atom stereocenters. The molecule has 1 aromatic rings. The van der Waals surface area contributed by atoms with Crippen LogP contribution >= 0.6 is 0 Å². The number of amides is 1. The zero-order chi connectivity index (χ0) is 19.5. The van der Waals surface area contributed by atoms with Crippen molar-refractivity contribution >= 4 is 5.91 Å². The fourth-order valence-electron chi connectivity index (χ4n) is 3.94. The summed E-state index contributed by atoms with van der Waals surface area (Å²) in [7, 11) is 0. The first-order valence-electron chi connectivity index (χ1n) is 9.63. The van der Waals surface area contributed by atoms with Crippen LogP contribution in [0.5, 0.6) is 5.75 Å². The van der Waals surface area contributed by atoms with Crippen LogP contribution < -0.4 is 0 Å². The number of aromatic hydroxyl groups is 1. The van der Waals surface area contributed by atoms with Gasteiger partial charge in [0, 0.05) is 45.6 Å². The summed E-state index contributed by atoms with van der Waals surface area (Å²) in [5, 5.41) is 20.3. The van der Waals surface area contributed by atoms with Crippen LogP contribution in [0, 0.1) is 0 Å². The normalized spacial score (nSPS) is 26.6. The summed E-state index contributed by atoms with van der Waals surface area (Å²) in [4.78, 5) is 16.3. The van der Waals surface area contributed by atoms with Crippen LogP contribution in [-0.4, -0.2) is 70.2 Å². The molecule has 7 heteroatoms. The van der Waals surface area contributed by atoms with Crippen molar-refractivity contribution in [3.8, 4) is 5.75 Å². The molecule has 0 aliphatic carbocycles. The van der Waals surface area contributed by atoms with Crippen molar-refractivity contribution in [2.75, 3.05) is 32.7 Å². The average molecular weight is 382 g/mol. The Labute approximate surface area is 158 Å². The predicted octanol–water partition coefficient (Wildman–Crippen LogP) is 2.41. The van der Waals surface area contributed by atoms with Crippen LogP contribution in [0.1, 0.15) is 37.7 Å². The molecule has 5 nitrogen and oxygen atoms in total. The number of carbonyl (C=O) groups is 1. The Morgan fingerprint density at radius 2 is 1.67 bits per heavy atom. The number of carbonyl (C=O) groups excluding carboxylic acids is 1. The molecule has 2 N–H and O–H groups in total. The smallest absolute Gasteiger partial charge is 0.250 e. The summed E-state index contributed by atoms with van der Waals surface area (Å²) >= 11 is 0. The molecule has 0 radical (unpaired) electrons. The van der Waals surface area contributed by atoms with Gasteiger partial charge in [0.2, 0.25) is 5.91 Å². The Bertz CT molecular complexity index is 643. The van der Waals surface area contributed by atoms with Crippen molar-refractivity contribution in [2.24, 2.45) is 0 Å². The quantitative estimate of drug-likeness (QED) is 0.840. The number of hydrogen-bond acceptors (Lipinski definition) is 4. The number of rotatable bonds is 4. The second kappa shape index (κ2) is 8.10. The number of phenols is 1. The summed E-state index contributed by atoms with van der Waals surface area (Å²) in [6.07, 6.45) is 1.69. The van der Waals surface area contributed by atoms with Crippen molar-refractivity contribution in [1.82, 2.24) is 9.80 Å². The zero-order valence-corrected chi connectivity index (χ0v) is 15.5. The number of benzene rings is 1. The fraction of sp³-hybridized carbons (Fsp3) is 0.650. The van der Waals surface area contributed by atoms with Gasteiger partial charge in [0.05, 0.1) is 12.0 Å². The largest absolute Gasteiger partial charge is 0.508 e. The van der Waals surface area contributed by atoms with E-state index in [1.54, 1.807) is 29.2 Å². The molecule has 2 fully saturated rings. The minimum atomic E-state index is -2.58. The number of nitrogens with zero attached hydrogens (tertiary/aromatic N) is 2. The highest BCUT2D eigenvalue weighted by Crippen LogP contribution is 2.30. The lowest BCUT2D eigenvalue weighted by molar-refractivity contribution is -0.130. The molecule has 0 saturated carbocycles. The third-order valence-corrected chi connectivity index (χ3v) is 5.67. The first-order chi connectivity index (χ1) is 12.7. The Balaban J connectivity index is 1.51. The first kappa shape index (κ1) is 20.0. The van der Waals surface area contributed by atoms with Crippen molar-refractivity contribution in [1.29, 1.82) is 0 Å². The van der Waals surface area contributed by atoms with Crippen molar-refractivity contribution in [2.45, 2.75) is 50.0 Å². The van der Waals surface area contributed by atoms with Gasteiger partial charge in [-0.1, -0.05) is 12.1 Å². The lowest BCUT2D eigenvalue weighted by atomic mass is 9.93. The average Bonchev–Trinajstić information content (AvgIpc) is 2.81. The molecule has 27 heavy (non-hydrogen) atoms. The Morgan fingerprint density at radius 1 is 1.00 bits per heavy atom. The number of hydrogen-bond donors (Lipinski definition) is 2. The maximum atomic E-state index is 13.3. The van der Waals surface area contributed by atoms with E-state index in [2.05, 4.69) is 0 Å². The fourth-order valence-corrected chi connectivity index (χ4v) is 3.94. The number of halogens is 2. The van der Waals surface area contributed by atoms with Gasteiger partial charge in [0.1, 0.15) is 5.75 Å². The maximum absolute atomic E-state index is 13.3. The molecule has 150 valence electrons. The minimum absolute atomic E-state index is 0.00237. The zero-order valence-electron chi connectivity index (χ0n) is 15.5. The Morgan fingerprint density at radius 3 is 2.33 bits per heavy atom. The van der Waals surface area contributed by atoms with E-state index in [1.807, 2.05) is 4.90 Å². The van der Waals surface area contributed by atoms with E-state index in [4.69, 9.17) is 0 Å². The summed E-state index contributed by atoms with van der Waals surface area (Å²) in [6.45, 7) is 2.06. The molecule has 2 aliphatic heterocycles. The summed E-state index contributed by atoms with van der Waals surface area (Å²) < 4.78 is 26.6. The number of likely N-dealkylation sites (tertiary alicyclic amines) is 2. The van der Waals surface area contributed by atoms with Crippen molar-refractivity contribution < 1.29 is 23.8 Å². The topological polar surface area (TPSA) is 64.0 Å². The second-order valence-electron chi connectivity index (χ2n) is 7.93. The van der Waals surface area contributed by atoms with Crippen LogP contribution in [0.15, 0.2) is 24.3 Å². The highest BCUT2D eigenvalue weighted by Gasteiger charge is 2.38. The second-order valence-corrected chi connectivity index (χ2v) is 7.93. The van der Waals surface area contributed by atoms with Crippen molar-refractivity contribution in [3.05, 3.63) is 29.8 Å². The summed E-state index contributed by atoms with van der Waals surface area (Å²) in [5.74, 6) is -2.41. The lowest BCUT2D eigenvalue weighted by Gasteiger charge is -2.37. The third kappa shape index (κ3) is 5.62. The van der Waals surface area contributed by atoms with Gasteiger partial charge in [-0.15, -0.1) is 0 Å². The third-order valence-electron chi connectivity index (χ3n) is 5.67. The highest BCUT2D eigenvalue weighted by molar-refractivity contribution is 5.78. The van der Waals surface area contributed by atoms with E-state index in [-0.39, 0.29) is 30.9 Å². The Hall–Kier alpha value is -1.73. The van der Waals surface area contributed by atoms with Crippen molar-refractivity contribution in [3.63, 3.8) is 0 Å². The summed E-state index contributed by atoms with van der Waals surface area (Å²) in [6, 6.07) is 6.58.